The first kappa shape index (κ1) is 32.7. The summed E-state index contributed by atoms with van der Waals surface area (Å²) in [5, 5.41) is 11.4. The van der Waals surface area contributed by atoms with Gasteiger partial charge in [0.1, 0.15) is 16.3 Å². The summed E-state index contributed by atoms with van der Waals surface area (Å²) < 4.78 is 57.9. The molecule has 2 aromatic rings. The quantitative estimate of drug-likeness (QED) is 0.313. The predicted octanol–water partition coefficient (Wildman–Crippen LogP) is 7.43. The van der Waals surface area contributed by atoms with E-state index in [-0.39, 0.29) is 22.0 Å². The van der Waals surface area contributed by atoms with Gasteiger partial charge in [-0.2, -0.15) is 0 Å². The molecule has 0 atom stereocenters. The molecule has 6 nitrogen and oxygen atoms in total. The highest BCUT2D eigenvalue weighted by Gasteiger charge is 2.38. The number of anilines is 1. The Labute approximate surface area is 224 Å². The van der Waals surface area contributed by atoms with Crippen LogP contribution in [0.1, 0.15) is 71.6 Å². The Hall–Kier alpha value is -2.36. The molecule has 3 rings (SSSR count). The first-order valence-electron chi connectivity index (χ1n) is 12.2. The van der Waals surface area contributed by atoms with Crippen LogP contribution in [0.3, 0.4) is 0 Å². The van der Waals surface area contributed by atoms with Crippen LogP contribution in [0.4, 0.5) is 14.5 Å². The molecule has 1 heterocycles. The van der Waals surface area contributed by atoms with Crippen molar-refractivity contribution in [2.24, 2.45) is 0 Å². The fraction of sp³-hybridized carbons (Fsp3) is 0.481. The van der Waals surface area contributed by atoms with Crippen LogP contribution in [0.2, 0.25) is 5.02 Å². The molecule has 206 valence electrons. The average molecular weight is 558 g/mol. The maximum absolute atomic E-state index is 14.5. The number of nitrogens with one attached hydrogen (secondary N) is 2. The lowest BCUT2D eigenvalue weighted by atomic mass is 10.0. The summed E-state index contributed by atoms with van der Waals surface area (Å²) in [6, 6.07) is 5.22. The molecular formula is C27H38ClF2N3O3S. The van der Waals surface area contributed by atoms with Gasteiger partial charge in [-0.1, -0.05) is 38.8 Å². The molecule has 0 amide bonds. The van der Waals surface area contributed by atoms with E-state index in [2.05, 4.69) is 15.0 Å². The SMILES string of the molecule is CC.CCCC(=N)C(C)(C)S(=O)(=O)Cc1cc(NC(=C2CC2)c2ncc(Cl)cc2F)ccc1F.COC. The minimum absolute atomic E-state index is 0.0166. The molecule has 0 bridgehead atoms. The molecule has 0 spiro atoms. The number of rotatable bonds is 9. The fourth-order valence-electron chi connectivity index (χ4n) is 3.26. The molecule has 10 heteroatoms. The second-order valence-corrected chi connectivity index (χ2v) is 11.8. The van der Waals surface area contributed by atoms with Crippen molar-refractivity contribution >= 4 is 38.5 Å². The van der Waals surface area contributed by atoms with Crippen molar-refractivity contribution in [1.29, 1.82) is 5.41 Å². The van der Waals surface area contributed by atoms with Gasteiger partial charge in [-0.25, -0.2) is 17.2 Å². The number of allylic oxidation sites excluding steroid dienone is 1. The van der Waals surface area contributed by atoms with Gasteiger partial charge in [0.15, 0.2) is 15.7 Å². The summed E-state index contributed by atoms with van der Waals surface area (Å²) >= 11 is 5.80. The second-order valence-electron chi connectivity index (χ2n) is 8.80. The molecule has 0 unspecified atom stereocenters. The Balaban J connectivity index is 0.00000127. The number of sulfone groups is 1. The van der Waals surface area contributed by atoms with Crippen LogP contribution in [-0.2, 0) is 20.3 Å². The molecule has 1 saturated carbocycles. The van der Waals surface area contributed by atoms with Crippen molar-refractivity contribution in [1.82, 2.24) is 4.98 Å². The minimum Gasteiger partial charge on any atom is -0.388 e. The van der Waals surface area contributed by atoms with Crippen molar-refractivity contribution in [3.05, 3.63) is 63.9 Å². The summed E-state index contributed by atoms with van der Waals surface area (Å²) in [6.45, 7) is 8.83. The molecule has 1 aliphatic rings. The number of nitrogens with zero attached hydrogens (tertiary/aromatic N) is 1. The van der Waals surface area contributed by atoms with Gasteiger partial charge in [0.05, 0.1) is 16.5 Å². The molecule has 0 saturated heterocycles. The van der Waals surface area contributed by atoms with E-state index in [0.29, 0.717) is 24.2 Å². The first-order valence-corrected chi connectivity index (χ1v) is 14.2. The van der Waals surface area contributed by atoms with Crippen molar-refractivity contribution in [3.63, 3.8) is 0 Å². The molecule has 1 fully saturated rings. The van der Waals surface area contributed by atoms with E-state index in [9.17, 15) is 17.2 Å². The van der Waals surface area contributed by atoms with Crippen LogP contribution in [0.15, 0.2) is 36.0 Å². The van der Waals surface area contributed by atoms with E-state index in [0.717, 1.165) is 18.4 Å². The highest BCUT2D eigenvalue weighted by atomic mass is 35.5. The van der Waals surface area contributed by atoms with E-state index >= 15 is 0 Å². The van der Waals surface area contributed by atoms with Gasteiger partial charge in [-0.15, -0.1) is 0 Å². The lowest BCUT2D eigenvalue weighted by molar-refractivity contribution is 0.277. The number of hydrogen-bond acceptors (Lipinski definition) is 6. The number of hydrogen-bond donors (Lipinski definition) is 2. The minimum atomic E-state index is -3.86. The van der Waals surface area contributed by atoms with E-state index in [1.165, 1.54) is 44.3 Å². The third-order valence-corrected chi connectivity index (χ3v) is 8.26. The van der Waals surface area contributed by atoms with Crippen molar-refractivity contribution < 1.29 is 21.9 Å². The van der Waals surface area contributed by atoms with Crippen LogP contribution in [0.5, 0.6) is 0 Å². The van der Waals surface area contributed by atoms with Crippen molar-refractivity contribution in [2.75, 3.05) is 19.5 Å². The molecule has 2 N–H and O–H groups in total. The Morgan fingerprint density at radius 3 is 2.27 bits per heavy atom. The zero-order valence-corrected chi connectivity index (χ0v) is 24.2. The number of halogens is 3. The normalized spacial score (nSPS) is 12.5. The standard InChI is InChI=1S/C23H26ClF2N3O2S.C2H6O.C2H6/c1-4-5-20(27)23(2,3)32(30,31)13-15-10-17(8-9-18(15)25)29-21(14-6-7-14)22-19(26)11-16(24)12-28-22;1-3-2;1-2/h8-12,27,29H,4-7,13H2,1-3H3;1-2H3;1-2H3. The number of pyridine rings is 1. The molecule has 37 heavy (non-hydrogen) atoms. The topological polar surface area (TPSA) is 92.1 Å². The van der Waals surface area contributed by atoms with Crippen molar-refractivity contribution in [2.45, 2.75) is 70.8 Å². The van der Waals surface area contributed by atoms with Gasteiger partial charge in [-0.05, 0) is 62.9 Å². The average Bonchev–Trinajstić information content (AvgIpc) is 3.67. The Kier molecular flexibility index (Phi) is 12.8. The molecule has 1 aromatic heterocycles. The van der Waals surface area contributed by atoms with Crippen LogP contribution in [0.25, 0.3) is 5.70 Å². The summed E-state index contributed by atoms with van der Waals surface area (Å²) in [4.78, 5) is 4.08. The van der Waals surface area contributed by atoms with Crippen molar-refractivity contribution in [3.8, 4) is 0 Å². The number of methoxy groups -OCH3 is 1. The molecule has 0 radical (unpaired) electrons. The summed E-state index contributed by atoms with van der Waals surface area (Å²) in [5.41, 5.74) is 2.05. The molecule has 0 aliphatic heterocycles. The van der Waals surface area contributed by atoms with Gasteiger partial charge in [0.25, 0.3) is 0 Å². The lowest BCUT2D eigenvalue weighted by Gasteiger charge is -2.26. The third kappa shape index (κ3) is 8.86. The Bertz CT molecular complexity index is 1210. The monoisotopic (exact) mass is 557 g/mol. The van der Waals surface area contributed by atoms with E-state index in [1.54, 1.807) is 14.2 Å². The highest BCUT2D eigenvalue weighted by Crippen LogP contribution is 2.37. The zero-order chi connectivity index (χ0) is 28.4. The smallest absolute Gasteiger partial charge is 0.165 e. The third-order valence-electron chi connectivity index (χ3n) is 5.56. The van der Waals surface area contributed by atoms with E-state index in [1.807, 2.05) is 20.8 Å². The largest absolute Gasteiger partial charge is 0.388 e. The first-order chi connectivity index (χ1) is 17.4. The second kappa shape index (κ2) is 14.5. The van der Waals surface area contributed by atoms with Crippen LogP contribution in [0, 0.1) is 17.0 Å². The van der Waals surface area contributed by atoms with Gasteiger partial charge >= 0.3 is 0 Å². The fourth-order valence-corrected chi connectivity index (χ4v) is 4.87. The molecule has 1 aliphatic carbocycles. The van der Waals surface area contributed by atoms with Gasteiger partial charge in [-0.3, -0.25) is 4.98 Å². The van der Waals surface area contributed by atoms with Gasteiger partial charge in [0, 0.05) is 37.4 Å². The maximum Gasteiger partial charge on any atom is 0.165 e. The number of ether oxygens (including phenoxy) is 1. The molecule has 1 aromatic carbocycles. The van der Waals surface area contributed by atoms with Crippen LogP contribution >= 0.6 is 11.6 Å². The maximum atomic E-state index is 14.5. The van der Waals surface area contributed by atoms with Gasteiger partial charge in [0.2, 0.25) is 0 Å². The van der Waals surface area contributed by atoms with E-state index < -0.39 is 32.0 Å². The lowest BCUT2D eigenvalue weighted by Crippen LogP contribution is -2.41. The van der Waals surface area contributed by atoms with Gasteiger partial charge < -0.3 is 15.5 Å². The Morgan fingerprint density at radius 2 is 1.76 bits per heavy atom. The summed E-state index contributed by atoms with van der Waals surface area (Å²) in [7, 11) is -0.611. The number of benzene rings is 1. The van der Waals surface area contributed by atoms with Crippen LogP contribution < -0.4 is 5.32 Å². The number of aromatic nitrogens is 1. The predicted molar refractivity (Wildman–Crippen MR) is 149 cm³/mol. The summed E-state index contributed by atoms with van der Waals surface area (Å²) in [5.74, 6) is -1.79. The Morgan fingerprint density at radius 1 is 1.16 bits per heavy atom. The zero-order valence-electron chi connectivity index (χ0n) is 22.6. The van der Waals surface area contributed by atoms with E-state index in [4.69, 9.17) is 17.0 Å². The molecular weight excluding hydrogens is 520 g/mol. The summed E-state index contributed by atoms with van der Waals surface area (Å²) in [6.07, 6.45) is 3.91. The highest BCUT2D eigenvalue weighted by molar-refractivity contribution is 7.92. The van der Waals surface area contributed by atoms with Crippen LogP contribution in [-0.4, -0.2) is 38.1 Å².